The zero-order valence-electron chi connectivity index (χ0n) is 11.8. The van der Waals surface area contributed by atoms with E-state index in [2.05, 4.69) is 5.32 Å². The number of benzene rings is 2. The molecule has 0 heterocycles. The summed E-state index contributed by atoms with van der Waals surface area (Å²) in [5.74, 6) is 0.923. The summed E-state index contributed by atoms with van der Waals surface area (Å²) in [5, 5.41) is 12.0. The Morgan fingerprint density at radius 1 is 1.14 bits per heavy atom. The molecule has 4 nitrogen and oxygen atoms in total. The first-order chi connectivity index (χ1) is 10.2. The van der Waals surface area contributed by atoms with Crippen molar-refractivity contribution in [2.24, 2.45) is 0 Å². The van der Waals surface area contributed by atoms with Gasteiger partial charge in [-0.15, -0.1) is 0 Å². The Kier molecular flexibility index (Phi) is 4.62. The second kappa shape index (κ2) is 6.62. The van der Waals surface area contributed by atoms with E-state index < -0.39 is 5.82 Å². The first-order valence-electron chi connectivity index (χ1n) is 6.31. The number of nitrogens with zero attached hydrogens (tertiary/aromatic N) is 1. The standard InChI is InChI=1S/C16H15FN2O2/c1-20-14-3-4-16(21-2)15(8-14)19-10-12-5-11(9-18)6-13(17)7-12/h3-8,19H,10H2,1-2H3. The van der Waals surface area contributed by atoms with E-state index >= 15 is 0 Å². The average molecular weight is 286 g/mol. The molecular formula is C16H15FN2O2. The molecule has 108 valence electrons. The van der Waals surface area contributed by atoms with Crippen LogP contribution >= 0.6 is 0 Å². The highest BCUT2D eigenvalue weighted by Gasteiger charge is 2.06. The van der Waals surface area contributed by atoms with Gasteiger partial charge in [-0.2, -0.15) is 5.26 Å². The van der Waals surface area contributed by atoms with Crippen LogP contribution in [0.1, 0.15) is 11.1 Å². The summed E-state index contributed by atoms with van der Waals surface area (Å²) in [6.45, 7) is 0.371. The van der Waals surface area contributed by atoms with Crippen LogP contribution in [-0.4, -0.2) is 14.2 Å². The predicted molar refractivity (Wildman–Crippen MR) is 78.0 cm³/mol. The molecule has 0 aliphatic rings. The van der Waals surface area contributed by atoms with Gasteiger partial charge in [0.25, 0.3) is 0 Å². The van der Waals surface area contributed by atoms with E-state index in [4.69, 9.17) is 14.7 Å². The molecule has 0 aliphatic heterocycles. The lowest BCUT2D eigenvalue weighted by molar-refractivity contribution is 0.404. The molecule has 2 rings (SSSR count). The number of hydrogen-bond acceptors (Lipinski definition) is 4. The minimum Gasteiger partial charge on any atom is -0.497 e. The van der Waals surface area contributed by atoms with Crippen molar-refractivity contribution in [2.75, 3.05) is 19.5 Å². The molecule has 0 fully saturated rings. The normalized spacial score (nSPS) is 9.81. The molecule has 0 bridgehead atoms. The SMILES string of the molecule is COc1ccc(OC)c(NCc2cc(F)cc(C#N)c2)c1. The Morgan fingerprint density at radius 2 is 1.95 bits per heavy atom. The molecule has 2 aromatic rings. The van der Waals surface area contributed by atoms with Gasteiger partial charge in [0.2, 0.25) is 0 Å². The van der Waals surface area contributed by atoms with Gasteiger partial charge in [0.1, 0.15) is 17.3 Å². The van der Waals surface area contributed by atoms with Gasteiger partial charge in [-0.3, -0.25) is 0 Å². The van der Waals surface area contributed by atoms with Crippen LogP contribution in [0.2, 0.25) is 0 Å². The lowest BCUT2D eigenvalue weighted by Gasteiger charge is -2.13. The second-order valence-corrected chi connectivity index (χ2v) is 4.38. The minimum absolute atomic E-state index is 0.296. The van der Waals surface area contributed by atoms with Gasteiger partial charge in [-0.05, 0) is 35.9 Å². The molecule has 5 heteroatoms. The molecule has 0 saturated heterocycles. The molecule has 0 atom stereocenters. The van der Waals surface area contributed by atoms with E-state index in [9.17, 15) is 4.39 Å². The molecule has 0 unspecified atom stereocenters. The average Bonchev–Trinajstić information content (AvgIpc) is 2.51. The summed E-state index contributed by atoms with van der Waals surface area (Å²) in [6.07, 6.45) is 0. The van der Waals surface area contributed by atoms with Crippen molar-refractivity contribution in [3.8, 4) is 17.6 Å². The summed E-state index contributed by atoms with van der Waals surface area (Å²) in [6, 6.07) is 11.5. The largest absolute Gasteiger partial charge is 0.497 e. The van der Waals surface area contributed by atoms with Crippen LogP contribution < -0.4 is 14.8 Å². The molecule has 21 heavy (non-hydrogen) atoms. The number of anilines is 1. The van der Waals surface area contributed by atoms with Gasteiger partial charge in [0.05, 0.1) is 31.5 Å². The van der Waals surface area contributed by atoms with Crippen LogP contribution in [0.3, 0.4) is 0 Å². The van der Waals surface area contributed by atoms with Gasteiger partial charge >= 0.3 is 0 Å². The van der Waals surface area contributed by atoms with Gasteiger partial charge in [-0.1, -0.05) is 0 Å². The molecule has 2 aromatic carbocycles. The molecule has 0 spiro atoms. The quantitative estimate of drug-likeness (QED) is 0.916. The van der Waals surface area contributed by atoms with Crippen LogP contribution in [-0.2, 0) is 6.54 Å². The van der Waals surface area contributed by atoms with E-state index in [-0.39, 0.29) is 0 Å². The molecular weight excluding hydrogens is 271 g/mol. The maximum absolute atomic E-state index is 13.4. The number of rotatable bonds is 5. The smallest absolute Gasteiger partial charge is 0.142 e. The number of nitrogens with one attached hydrogen (secondary N) is 1. The van der Waals surface area contributed by atoms with Crippen LogP contribution in [0.4, 0.5) is 10.1 Å². The highest BCUT2D eigenvalue weighted by Crippen LogP contribution is 2.29. The lowest BCUT2D eigenvalue weighted by atomic mass is 10.1. The van der Waals surface area contributed by atoms with Gasteiger partial charge in [0, 0.05) is 12.6 Å². The molecule has 1 N–H and O–H groups in total. The van der Waals surface area contributed by atoms with Crippen molar-refractivity contribution in [3.05, 3.63) is 53.3 Å². The summed E-state index contributed by atoms with van der Waals surface area (Å²) >= 11 is 0. The number of hydrogen-bond donors (Lipinski definition) is 1. The minimum atomic E-state index is -0.427. The van der Waals surface area contributed by atoms with Crippen molar-refractivity contribution in [3.63, 3.8) is 0 Å². The highest BCUT2D eigenvalue weighted by atomic mass is 19.1. The molecule has 0 amide bonds. The van der Waals surface area contributed by atoms with Crippen LogP contribution in [0.5, 0.6) is 11.5 Å². The van der Waals surface area contributed by atoms with Crippen molar-refractivity contribution < 1.29 is 13.9 Å². The summed E-state index contributed by atoms with van der Waals surface area (Å²) in [4.78, 5) is 0. The Morgan fingerprint density at radius 3 is 2.62 bits per heavy atom. The fraction of sp³-hybridized carbons (Fsp3) is 0.188. The summed E-state index contributed by atoms with van der Waals surface area (Å²) in [7, 11) is 3.15. The monoisotopic (exact) mass is 286 g/mol. The molecule has 0 aromatic heterocycles. The highest BCUT2D eigenvalue weighted by molar-refractivity contribution is 5.60. The Hall–Kier alpha value is -2.74. The van der Waals surface area contributed by atoms with Crippen molar-refractivity contribution in [2.45, 2.75) is 6.54 Å². The third kappa shape index (κ3) is 3.63. The van der Waals surface area contributed by atoms with Crippen LogP contribution in [0, 0.1) is 17.1 Å². The maximum Gasteiger partial charge on any atom is 0.142 e. The van der Waals surface area contributed by atoms with Crippen molar-refractivity contribution >= 4 is 5.69 Å². The van der Waals surface area contributed by atoms with Crippen LogP contribution in [0.15, 0.2) is 36.4 Å². The van der Waals surface area contributed by atoms with E-state index in [1.807, 2.05) is 6.07 Å². The topological polar surface area (TPSA) is 54.3 Å². The van der Waals surface area contributed by atoms with E-state index in [0.717, 1.165) is 5.69 Å². The zero-order chi connectivity index (χ0) is 15.2. The van der Waals surface area contributed by atoms with Gasteiger partial charge in [0.15, 0.2) is 0 Å². The Bertz CT molecular complexity index is 680. The Labute approximate surface area is 122 Å². The number of halogens is 1. The summed E-state index contributed by atoms with van der Waals surface area (Å²) in [5.41, 5.74) is 1.71. The maximum atomic E-state index is 13.4. The zero-order valence-corrected chi connectivity index (χ0v) is 11.8. The van der Waals surface area contributed by atoms with Crippen molar-refractivity contribution in [1.82, 2.24) is 0 Å². The summed E-state index contributed by atoms with van der Waals surface area (Å²) < 4.78 is 23.8. The number of ether oxygens (including phenoxy) is 2. The number of methoxy groups -OCH3 is 2. The molecule has 0 saturated carbocycles. The molecule has 0 aliphatic carbocycles. The fourth-order valence-corrected chi connectivity index (χ4v) is 1.97. The van der Waals surface area contributed by atoms with Gasteiger partial charge < -0.3 is 14.8 Å². The van der Waals surface area contributed by atoms with Crippen LogP contribution in [0.25, 0.3) is 0 Å². The third-order valence-corrected chi connectivity index (χ3v) is 2.98. The number of nitriles is 1. The molecule has 0 radical (unpaired) electrons. The first-order valence-corrected chi connectivity index (χ1v) is 6.31. The fourth-order valence-electron chi connectivity index (χ4n) is 1.97. The third-order valence-electron chi connectivity index (χ3n) is 2.98. The van der Waals surface area contributed by atoms with Gasteiger partial charge in [-0.25, -0.2) is 4.39 Å². The first kappa shape index (κ1) is 14.7. The predicted octanol–water partition coefficient (Wildman–Crippen LogP) is 3.33. The van der Waals surface area contributed by atoms with E-state index in [1.165, 1.54) is 12.1 Å². The van der Waals surface area contributed by atoms with E-state index in [0.29, 0.717) is 29.2 Å². The Balaban J connectivity index is 2.19. The lowest BCUT2D eigenvalue weighted by Crippen LogP contribution is -2.02. The van der Waals surface area contributed by atoms with Crippen molar-refractivity contribution in [1.29, 1.82) is 5.26 Å². The second-order valence-electron chi connectivity index (χ2n) is 4.38. The van der Waals surface area contributed by atoms with E-state index in [1.54, 1.807) is 38.5 Å².